The van der Waals surface area contributed by atoms with Crippen LogP contribution in [0.1, 0.15) is 27.2 Å². The highest BCUT2D eigenvalue weighted by Gasteiger charge is 2.49. The van der Waals surface area contributed by atoms with Crippen LogP contribution in [0, 0.1) is 11.8 Å². The maximum Gasteiger partial charge on any atom is 0.384 e. The largest absolute Gasteiger partial charge is 0.459 e. The Morgan fingerprint density at radius 3 is 1.96 bits per heavy atom. The van der Waals surface area contributed by atoms with Gasteiger partial charge in [-0.3, -0.25) is 0 Å². The van der Waals surface area contributed by atoms with Gasteiger partial charge in [0.15, 0.2) is 0 Å². The standard InChI is InChI=1S/C23H28O4Si/c1-23(2,3)28(20-11-7-5-8-12-20,21-13-9-6-10-14-21)27-18-17-19(24)15-16-22(25)26-4/h5-14,19,24H,17-18H2,1-4H3/t19-/m1/s1. The third-order valence-corrected chi connectivity index (χ3v) is 9.70. The van der Waals surface area contributed by atoms with Crippen molar-refractivity contribution in [3.05, 3.63) is 60.7 Å². The van der Waals surface area contributed by atoms with Gasteiger partial charge in [0.1, 0.15) is 6.10 Å². The van der Waals surface area contributed by atoms with Crippen molar-refractivity contribution in [2.75, 3.05) is 13.7 Å². The van der Waals surface area contributed by atoms with Gasteiger partial charge >= 0.3 is 5.97 Å². The van der Waals surface area contributed by atoms with Gasteiger partial charge in [-0.1, -0.05) is 87.4 Å². The predicted octanol–water partition coefficient (Wildman–Crippen LogP) is 2.49. The van der Waals surface area contributed by atoms with Crippen LogP contribution in [0.3, 0.4) is 0 Å². The summed E-state index contributed by atoms with van der Waals surface area (Å²) >= 11 is 0. The van der Waals surface area contributed by atoms with Gasteiger partial charge in [0.2, 0.25) is 0 Å². The van der Waals surface area contributed by atoms with Crippen LogP contribution >= 0.6 is 0 Å². The molecule has 1 N–H and O–H groups in total. The molecule has 0 aliphatic carbocycles. The quantitative estimate of drug-likeness (QED) is 0.353. The van der Waals surface area contributed by atoms with E-state index in [1.165, 1.54) is 17.5 Å². The minimum Gasteiger partial charge on any atom is -0.459 e. The molecule has 0 aliphatic heterocycles. The van der Waals surface area contributed by atoms with E-state index in [1.54, 1.807) is 0 Å². The lowest BCUT2D eigenvalue weighted by molar-refractivity contribution is -0.133. The summed E-state index contributed by atoms with van der Waals surface area (Å²) < 4.78 is 11.1. The van der Waals surface area contributed by atoms with Gasteiger partial charge in [-0.05, 0) is 15.4 Å². The number of esters is 1. The molecule has 0 unspecified atom stereocenters. The predicted molar refractivity (Wildman–Crippen MR) is 114 cm³/mol. The molecule has 1 atom stereocenters. The lowest BCUT2D eigenvalue weighted by atomic mass is 10.2. The molecule has 0 aromatic heterocycles. The van der Waals surface area contributed by atoms with Gasteiger partial charge in [0, 0.05) is 18.9 Å². The average Bonchev–Trinajstić information content (AvgIpc) is 2.69. The van der Waals surface area contributed by atoms with E-state index in [2.05, 4.69) is 61.6 Å². The molecule has 0 saturated heterocycles. The van der Waals surface area contributed by atoms with Crippen LogP contribution in [0.2, 0.25) is 5.04 Å². The average molecular weight is 397 g/mol. The van der Waals surface area contributed by atoms with Crippen LogP contribution in [0.4, 0.5) is 0 Å². The normalized spacial score (nSPS) is 12.6. The van der Waals surface area contributed by atoms with E-state index in [1.807, 2.05) is 36.4 Å². The number of rotatable bonds is 6. The number of hydrogen-bond acceptors (Lipinski definition) is 4. The van der Waals surface area contributed by atoms with E-state index in [-0.39, 0.29) is 5.04 Å². The molecule has 148 valence electrons. The molecule has 0 saturated carbocycles. The third-order valence-electron chi connectivity index (χ3n) is 4.65. The first-order valence-electron chi connectivity index (χ1n) is 9.34. The van der Waals surface area contributed by atoms with Gasteiger partial charge in [0.25, 0.3) is 8.32 Å². The summed E-state index contributed by atoms with van der Waals surface area (Å²) in [7, 11) is -1.36. The van der Waals surface area contributed by atoms with Crippen molar-refractivity contribution in [1.82, 2.24) is 0 Å². The van der Waals surface area contributed by atoms with Crippen LogP contribution < -0.4 is 10.4 Å². The van der Waals surface area contributed by atoms with Gasteiger partial charge in [-0.2, -0.15) is 0 Å². The Bertz CT molecular complexity index is 777. The Morgan fingerprint density at radius 1 is 1.04 bits per heavy atom. The summed E-state index contributed by atoms with van der Waals surface area (Å²) in [5.74, 6) is 4.11. The highest BCUT2D eigenvalue weighted by atomic mass is 28.4. The molecule has 0 amide bonds. The minimum absolute atomic E-state index is 0.127. The summed E-state index contributed by atoms with van der Waals surface area (Å²) in [4.78, 5) is 11.1. The van der Waals surface area contributed by atoms with Crippen molar-refractivity contribution in [3.63, 3.8) is 0 Å². The van der Waals surface area contributed by atoms with Crippen LogP contribution in [0.15, 0.2) is 60.7 Å². The first-order chi connectivity index (χ1) is 13.3. The maximum absolute atomic E-state index is 11.1. The fraction of sp³-hybridized carbons (Fsp3) is 0.348. The Labute approximate surface area is 168 Å². The highest BCUT2D eigenvalue weighted by molar-refractivity contribution is 6.99. The molecule has 0 aliphatic rings. The van der Waals surface area contributed by atoms with Crippen molar-refractivity contribution in [2.45, 2.75) is 38.3 Å². The van der Waals surface area contributed by atoms with E-state index in [4.69, 9.17) is 4.43 Å². The maximum atomic E-state index is 11.1. The molecular formula is C23H28O4Si. The van der Waals surface area contributed by atoms with Crippen molar-refractivity contribution >= 4 is 24.7 Å². The highest BCUT2D eigenvalue weighted by Crippen LogP contribution is 2.36. The van der Waals surface area contributed by atoms with Crippen LogP contribution in [-0.4, -0.2) is 39.2 Å². The lowest BCUT2D eigenvalue weighted by Gasteiger charge is -2.43. The number of aliphatic hydroxyl groups is 1. The first-order valence-corrected chi connectivity index (χ1v) is 11.2. The second-order valence-electron chi connectivity index (χ2n) is 7.58. The zero-order valence-corrected chi connectivity index (χ0v) is 17.9. The van der Waals surface area contributed by atoms with Gasteiger partial charge in [-0.25, -0.2) is 4.79 Å². The molecule has 5 heteroatoms. The van der Waals surface area contributed by atoms with E-state index in [9.17, 15) is 9.90 Å². The summed E-state index contributed by atoms with van der Waals surface area (Å²) in [6.07, 6.45) is -0.633. The second kappa shape index (κ2) is 9.70. The molecule has 2 aromatic carbocycles. The Hall–Kier alpha value is -2.39. The van der Waals surface area contributed by atoms with E-state index in [0.717, 1.165) is 0 Å². The van der Waals surface area contributed by atoms with E-state index >= 15 is 0 Å². The smallest absolute Gasteiger partial charge is 0.384 e. The van der Waals surface area contributed by atoms with E-state index in [0.29, 0.717) is 13.0 Å². The zero-order valence-electron chi connectivity index (χ0n) is 16.9. The molecule has 0 fully saturated rings. The number of benzene rings is 2. The monoisotopic (exact) mass is 396 g/mol. The molecule has 0 heterocycles. The molecule has 4 nitrogen and oxygen atoms in total. The number of hydrogen-bond donors (Lipinski definition) is 1. The Morgan fingerprint density at radius 2 is 1.54 bits per heavy atom. The minimum atomic E-state index is -2.62. The number of aliphatic hydroxyl groups excluding tert-OH is 1. The third kappa shape index (κ3) is 5.11. The number of ether oxygens (including phenoxy) is 1. The van der Waals surface area contributed by atoms with Gasteiger partial charge in [-0.15, -0.1) is 0 Å². The van der Waals surface area contributed by atoms with Gasteiger partial charge in [0.05, 0.1) is 7.11 Å². The Kier molecular flexibility index (Phi) is 7.58. The zero-order chi connectivity index (χ0) is 20.6. The number of carbonyl (C=O) groups is 1. The summed E-state index contributed by atoms with van der Waals surface area (Å²) in [6.45, 7) is 6.94. The molecule has 2 rings (SSSR count). The summed E-state index contributed by atoms with van der Waals surface area (Å²) in [6, 6.07) is 20.6. The number of methoxy groups -OCH3 is 1. The molecule has 28 heavy (non-hydrogen) atoms. The van der Waals surface area contributed by atoms with Crippen molar-refractivity contribution in [3.8, 4) is 11.8 Å². The van der Waals surface area contributed by atoms with Gasteiger partial charge < -0.3 is 14.3 Å². The van der Waals surface area contributed by atoms with E-state index < -0.39 is 20.4 Å². The molecule has 0 bridgehead atoms. The fourth-order valence-corrected chi connectivity index (χ4v) is 7.93. The fourth-order valence-electron chi connectivity index (χ4n) is 3.35. The molecule has 2 aromatic rings. The summed E-state index contributed by atoms with van der Waals surface area (Å²) in [5, 5.41) is 12.3. The van der Waals surface area contributed by atoms with Crippen molar-refractivity contribution in [1.29, 1.82) is 0 Å². The lowest BCUT2D eigenvalue weighted by Crippen LogP contribution is -2.66. The topological polar surface area (TPSA) is 55.8 Å². The first kappa shape index (κ1) is 21.9. The Balaban J connectivity index is 2.34. The molecule has 0 radical (unpaired) electrons. The summed E-state index contributed by atoms with van der Waals surface area (Å²) in [5.41, 5.74) is 0. The van der Waals surface area contributed by atoms with Crippen molar-refractivity contribution in [2.24, 2.45) is 0 Å². The molecule has 0 spiro atoms. The van der Waals surface area contributed by atoms with Crippen molar-refractivity contribution < 1.29 is 19.1 Å². The van der Waals surface area contributed by atoms with Crippen LogP contribution in [-0.2, 0) is 14.0 Å². The second-order valence-corrected chi connectivity index (χ2v) is 11.9. The van der Waals surface area contributed by atoms with Crippen LogP contribution in [0.5, 0.6) is 0 Å². The van der Waals surface area contributed by atoms with Crippen LogP contribution in [0.25, 0.3) is 0 Å². The number of carbonyl (C=O) groups excluding carboxylic acids is 1. The SMILES string of the molecule is COC(=O)C#C[C@@H](O)CCO[Si](c1ccccc1)(c1ccccc1)C(C)(C)C. The molecular weight excluding hydrogens is 368 g/mol.